The van der Waals surface area contributed by atoms with E-state index in [4.69, 9.17) is 25.6 Å². The largest absolute Gasteiger partial charge is 0.486 e. The van der Waals surface area contributed by atoms with Crippen molar-refractivity contribution in [1.29, 1.82) is 0 Å². The van der Waals surface area contributed by atoms with Gasteiger partial charge in [0.1, 0.15) is 13.2 Å². The lowest BCUT2D eigenvalue weighted by molar-refractivity contribution is -0.121. The summed E-state index contributed by atoms with van der Waals surface area (Å²) in [5.74, 6) is 2.18. The van der Waals surface area contributed by atoms with E-state index in [9.17, 15) is 4.79 Å². The average Bonchev–Trinajstić information content (AvgIpc) is 3.38. The van der Waals surface area contributed by atoms with Gasteiger partial charge < -0.3 is 19.3 Å². The van der Waals surface area contributed by atoms with Crippen molar-refractivity contribution in [2.24, 2.45) is 0 Å². The van der Waals surface area contributed by atoms with Gasteiger partial charge in [0.15, 0.2) is 11.5 Å². The zero-order valence-electron chi connectivity index (χ0n) is 14.9. The summed E-state index contributed by atoms with van der Waals surface area (Å²) in [6.45, 7) is 1.50. The number of amides is 1. The predicted octanol–water partition coefficient (Wildman–Crippen LogP) is 3.51. The third kappa shape index (κ3) is 4.45. The lowest BCUT2D eigenvalue weighted by Crippen LogP contribution is -2.26. The molecule has 0 saturated heterocycles. The maximum atomic E-state index is 12.1. The van der Waals surface area contributed by atoms with Crippen molar-refractivity contribution < 1.29 is 18.8 Å². The minimum Gasteiger partial charge on any atom is -0.486 e. The first-order valence-electron chi connectivity index (χ1n) is 8.90. The predicted molar refractivity (Wildman–Crippen MR) is 105 cm³/mol. The van der Waals surface area contributed by atoms with Crippen LogP contribution >= 0.6 is 22.9 Å². The Labute approximate surface area is 170 Å². The summed E-state index contributed by atoms with van der Waals surface area (Å²) in [6.07, 6.45) is 1.33. The molecule has 0 aliphatic carbocycles. The number of ether oxygens (including phenoxy) is 2. The number of hydrogen-bond acceptors (Lipinski definition) is 7. The second-order valence-electron chi connectivity index (χ2n) is 6.19. The molecule has 1 N–H and O–H groups in total. The molecule has 0 bridgehead atoms. The molecule has 28 heavy (non-hydrogen) atoms. The Morgan fingerprint density at radius 2 is 2.14 bits per heavy atom. The second kappa shape index (κ2) is 8.62. The summed E-state index contributed by atoms with van der Waals surface area (Å²) in [4.78, 5) is 17.3. The number of aromatic nitrogens is 2. The van der Waals surface area contributed by atoms with Gasteiger partial charge in [-0.25, -0.2) is 0 Å². The second-order valence-corrected chi connectivity index (χ2v) is 7.55. The molecule has 9 heteroatoms. The van der Waals surface area contributed by atoms with Gasteiger partial charge in [0.25, 0.3) is 0 Å². The molecule has 3 aromatic rings. The number of benzene rings is 1. The molecule has 0 radical (unpaired) electrons. The Bertz CT molecular complexity index is 958. The fraction of sp³-hybridized carbons (Fsp3) is 0.316. The van der Waals surface area contributed by atoms with Crippen LogP contribution in [0.1, 0.15) is 17.9 Å². The highest BCUT2D eigenvalue weighted by atomic mass is 35.5. The zero-order chi connectivity index (χ0) is 19.3. The van der Waals surface area contributed by atoms with Crippen LogP contribution < -0.4 is 14.8 Å². The lowest BCUT2D eigenvalue weighted by Gasteiger charge is -2.20. The van der Waals surface area contributed by atoms with Crippen molar-refractivity contribution in [3.05, 3.63) is 46.1 Å². The molecule has 0 atom stereocenters. The summed E-state index contributed by atoms with van der Waals surface area (Å²) >= 11 is 7.77. The van der Waals surface area contributed by atoms with Gasteiger partial charge >= 0.3 is 0 Å². The van der Waals surface area contributed by atoms with Crippen LogP contribution in [0.5, 0.6) is 11.5 Å². The number of carbonyl (C=O) groups excluding carboxylic acids is 1. The van der Waals surface area contributed by atoms with E-state index in [1.54, 1.807) is 11.3 Å². The van der Waals surface area contributed by atoms with Gasteiger partial charge in [-0.15, -0.1) is 11.3 Å². The molecule has 0 spiro atoms. The number of thiophene rings is 1. The van der Waals surface area contributed by atoms with Gasteiger partial charge in [0, 0.05) is 19.4 Å². The van der Waals surface area contributed by atoms with Gasteiger partial charge in [0.2, 0.25) is 17.6 Å². The Morgan fingerprint density at radius 1 is 1.25 bits per heavy atom. The van der Waals surface area contributed by atoms with E-state index in [2.05, 4.69) is 15.5 Å². The molecule has 2 aromatic heterocycles. The van der Waals surface area contributed by atoms with Crippen LogP contribution in [0.4, 0.5) is 0 Å². The molecule has 7 nitrogen and oxygen atoms in total. The molecular weight excluding hydrogens is 402 g/mol. The summed E-state index contributed by atoms with van der Waals surface area (Å²) in [6, 6.07) is 7.59. The van der Waals surface area contributed by atoms with Gasteiger partial charge in [-0.3, -0.25) is 4.79 Å². The highest BCUT2D eigenvalue weighted by molar-refractivity contribution is 7.13. The van der Waals surface area contributed by atoms with E-state index in [0.29, 0.717) is 60.8 Å². The number of carbonyl (C=O) groups is 1. The Balaban J connectivity index is 1.23. The number of nitrogens with zero attached hydrogens (tertiary/aromatic N) is 2. The van der Waals surface area contributed by atoms with Gasteiger partial charge in [-0.1, -0.05) is 22.8 Å². The topological polar surface area (TPSA) is 86.5 Å². The van der Waals surface area contributed by atoms with Crippen LogP contribution in [-0.4, -0.2) is 35.8 Å². The lowest BCUT2D eigenvalue weighted by atomic mass is 10.1. The van der Waals surface area contributed by atoms with Crippen molar-refractivity contribution >= 4 is 28.8 Å². The van der Waals surface area contributed by atoms with Crippen LogP contribution in [0.3, 0.4) is 0 Å². The first-order valence-corrected chi connectivity index (χ1v) is 10.2. The molecule has 1 aromatic carbocycles. The van der Waals surface area contributed by atoms with Crippen molar-refractivity contribution in [2.75, 3.05) is 19.8 Å². The molecule has 1 aliphatic rings. The van der Waals surface area contributed by atoms with E-state index in [0.717, 1.165) is 10.4 Å². The van der Waals surface area contributed by atoms with Gasteiger partial charge in [0.05, 0.1) is 9.90 Å². The summed E-state index contributed by atoms with van der Waals surface area (Å²) in [7, 11) is 0. The Hall–Kier alpha value is -2.58. The summed E-state index contributed by atoms with van der Waals surface area (Å²) < 4.78 is 16.3. The maximum absolute atomic E-state index is 12.1. The fourth-order valence-electron chi connectivity index (χ4n) is 2.83. The molecular formula is C19H18ClN3O4S. The van der Waals surface area contributed by atoms with Crippen LogP contribution in [0, 0.1) is 0 Å². The van der Waals surface area contributed by atoms with Crippen molar-refractivity contribution in [1.82, 2.24) is 15.5 Å². The van der Waals surface area contributed by atoms with Gasteiger partial charge in [-0.05, 0) is 35.6 Å². The van der Waals surface area contributed by atoms with Crippen LogP contribution in [0.2, 0.25) is 5.02 Å². The number of rotatable bonds is 7. The van der Waals surface area contributed by atoms with Crippen LogP contribution in [0.25, 0.3) is 10.7 Å². The minimum absolute atomic E-state index is 0.0699. The molecule has 0 saturated carbocycles. The first-order chi connectivity index (χ1) is 13.7. The molecule has 1 aliphatic heterocycles. The van der Waals surface area contributed by atoms with E-state index in [-0.39, 0.29) is 12.3 Å². The summed E-state index contributed by atoms with van der Waals surface area (Å²) in [5.41, 5.74) is 0.979. The number of aryl methyl sites for hydroxylation is 1. The van der Waals surface area contributed by atoms with Crippen LogP contribution in [-0.2, 0) is 17.6 Å². The number of halogens is 1. The zero-order valence-corrected chi connectivity index (χ0v) is 16.5. The van der Waals surface area contributed by atoms with E-state index < -0.39 is 0 Å². The Kier molecular flexibility index (Phi) is 5.78. The van der Waals surface area contributed by atoms with Crippen molar-refractivity contribution in [2.45, 2.75) is 19.3 Å². The molecule has 3 heterocycles. The normalized spacial score (nSPS) is 12.8. The standard InChI is InChI=1S/C19H18ClN3O4S/c20-13-10-12(11-14-18(13)26-8-7-25-14)5-6-21-16(24)3-4-17-22-19(23-27-17)15-2-1-9-28-15/h1-2,9-11H,3-8H2,(H,21,24). The minimum atomic E-state index is -0.0699. The summed E-state index contributed by atoms with van der Waals surface area (Å²) in [5, 5.41) is 9.31. The SMILES string of the molecule is O=C(CCc1nc(-c2cccs2)no1)NCCc1cc(Cl)c2c(c1)OCCO2. The number of fused-ring (bicyclic) bond motifs is 1. The first kappa shape index (κ1) is 18.8. The molecule has 0 fully saturated rings. The highest BCUT2D eigenvalue weighted by Gasteiger charge is 2.17. The highest BCUT2D eigenvalue weighted by Crippen LogP contribution is 2.38. The maximum Gasteiger partial charge on any atom is 0.227 e. The number of hydrogen-bond donors (Lipinski definition) is 1. The fourth-order valence-corrected chi connectivity index (χ4v) is 3.76. The third-order valence-electron chi connectivity index (χ3n) is 4.17. The van der Waals surface area contributed by atoms with Crippen molar-refractivity contribution in [3.63, 3.8) is 0 Å². The quantitative estimate of drug-likeness (QED) is 0.630. The van der Waals surface area contributed by atoms with E-state index in [1.807, 2.05) is 29.6 Å². The third-order valence-corrected chi connectivity index (χ3v) is 5.31. The monoisotopic (exact) mass is 419 g/mol. The van der Waals surface area contributed by atoms with Crippen molar-refractivity contribution in [3.8, 4) is 22.2 Å². The molecule has 4 rings (SSSR count). The van der Waals surface area contributed by atoms with Gasteiger partial charge in [-0.2, -0.15) is 4.98 Å². The van der Waals surface area contributed by atoms with E-state index >= 15 is 0 Å². The Morgan fingerprint density at radius 3 is 3.00 bits per heavy atom. The average molecular weight is 420 g/mol. The van der Waals surface area contributed by atoms with E-state index in [1.165, 1.54) is 0 Å². The molecule has 0 unspecified atom stereocenters. The molecule has 1 amide bonds. The molecule has 146 valence electrons. The smallest absolute Gasteiger partial charge is 0.227 e. The number of nitrogens with one attached hydrogen (secondary N) is 1. The van der Waals surface area contributed by atoms with Crippen LogP contribution in [0.15, 0.2) is 34.2 Å².